The maximum absolute atomic E-state index is 11.5. The van der Waals surface area contributed by atoms with Gasteiger partial charge in [0.15, 0.2) is 0 Å². The Kier molecular flexibility index (Phi) is 5.18. The van der Waals surface area contributed by atoms with Crippen LogP contribution in [0.15, 0.2) is 17.3 Å². The van der Waals surface area contributed by atoms with Gasteiger partial charge in [0.05, 0.1) is 30.6 Å². The summed E-state index contributed by atoms with van der Waals surface area (Å²) in [6, 6.07) is -0.408. The van der Waals surface area contributed by atoms with Crippen LogP contribution < -0.4 is 10.9 Å². The highest BCUT2D eigenvalue weighted by molar-refractivity contribution is 7.98. The molecule has 2 heterocycles. The zero-order valence-corrected chi connectivity index (χ0v) is 11.9. The van der Waals surface area contributed by atoms with Gasteiger partial charge >= 0.3 is 0 Å². The quantitative estimate of drug-likeness (QED) is 0.467. The Labute approximate surface area is 119 Å². The number of rotatable bonds is 7. The van der Waals surface area contributed by atoms with Crippen molar-refractivity contribution in [1.82, 2.24) is 20.3 Å². The number of aliphatic hydroxyl groups is 2. The highest BCUT2D eigenvalue weighted by Crippen LogP contribution is 2.12. The molecular formula is C12H18N4O3S. The summed E-state index contributed by atoms with van der Waals surface area (Å²) in [6.45, 7) is 0.255. The first-order chi connectivity index (χ1) is 9.67. The number of nitrogens with one attached hydrogen (secondary N) is 3. The Morgan fingerprint density at radius 2 is 2.30 bits per heavy atom. The van der Waals surface area contributed by atoms with E-state index >= 15 is 0 Å². The second-order valence-electron chi connectivity index (χ2n) is 4.46. The number of aliphatic hydroxyl groups excluding tert-OH is 2. The second kappa shape index (κ2) is 6.89. The molecule has 2 atom stereocenters. The molecule has 2 rings (SSSR count). The van der Waals surface area contributed by atoms with Gasteiger partial charge in [-0.05, 0) is 6.26 Å². The van der Waals surface area contributed by atoms with Gasteiger partial charge in [0.1, 0.15) is 5.52 Å². The lowest BCUT2D eigenvalue weighted by Crippen LogP contribution is -2.43. The van der Waals surface area contributed by atoms with Crippen LogP contribution in [0.1, 0.15) is 5.56 Å². The van der Waals surface area contributed by atoms with Crippen molar-refractivity contribution in [2.24, 2.45) is 0 Å². The van der Waals surface area contributed by atoms with E-state index in [0.29, 0.717) is 23.3 Å². The molecule has 0 amide bonds. The van der Waals surface area contributed by atoms with Crippen LogP contribution in [-0.4, -0.2) is 55.9 Å². The largest absolute Gasteiger partial charge is 0.395 e. The molecule has 0 aliphatic carbocycles. The molecule has 0 saturated heterocycles. The number of aromatic nitrogens is 3. The van der Waals surface area contributed by atoms with Crippen LogP contribution in [0.25, 0.3) is 11.0 Å². The molecule has 2 aromatic rings. The van der Waals surface area contributed by atoms with Gasteiger partial charge < -0.3 is 25.5 Å². The first kappa shape index (κ1) is 15.0. The number of thioether (sulfide) groups is 1. The Morgan fingerprint density at radius 1 is 1.50 bits per heavy atom. The van der Waals surface area contributed by atoms with Gasteiger partial charge in [-0.15, -0.1) is 0 Å². The zero-order valence-electron chi connectivity index (χ0n) is 11.1. The van der Waals surface area contributed by atoms with E-state index in [1.165, 1.54) is 18.1 Å². The fourth-order valence-electron chi connectivity index (χ4n) is 1.99. The molecule has 20 heavy (non-hydrogen) atoms. The van der Waals surface area contributed by atoms with Crippen molar-refractivity contribution in [2.45, 2.75) is 18.7 Å². The highest BCUT2D eigenvalue weighted by atomic mass is 32.2. The topological polar surface area (TPSA) is 114 Å². The number of fused-ring (bicyclic) bond motifs is 1. The van der Waals surface area contributed by atoms with Crippen LogP contribution in [0.3, 0.4) is 0 Å². The lowest BCUT2D eigenvalue weighted by molar-refractivity contribution is 0.106. The SMILES string of the molecule is CSCC(O)C(CO)NCc1c[nH]c2c(=O)[nH]cnc12. The Morgan fingerprint density at radius 3 is 3.00 bits per heavy atom. The molecule has 0 aliphatic heterocycles. The lowest BCUT2D eigenvalue weighted by Gasteiger charge is -2.21. The van der Waals surface area contributed by atoms with Crippen molar-refractivity contribution < 1.29 is 10.2 Å². The van der Waals surface area contributed by atoms with Crippen LogP contribution in [-0.2, 0) is 6.54 Å². The molecule has 2 unspecified atom stereocenters. The average molecular weight is 298 g/mol. The molecule has 0 saturated carbocycles. The van der Waals surface area contributed by atoms with E-state index in [1.54, 1.807) is 6.20 Å². The maximum atomic E-state index is 11.5. The standard InChI is InChI=1S/C12H18N4O3S/c1-20-5-9(18)8(4-17)13-2-7-3-14-11-10(7)15-6-16-12(11)19/h3,6,8-9,13-14,17-18H,2,4-5H2,1H3,(H,15,16,19). The molecule has 0 bridgehead atoms. The van der Waals surface area contributed by atoms with Crippen molar-refractivity contribution in [3.05, 3.63) is 28.4 Å². The van der Waals surface area contributed by atoms with E-state index in [2.05, 4.69) is 20.3 Å². The minimum atomic E-state index is -0.628. The molecule has 0 fully saturated rings. The molecule has 0 aliphatic rings. The zero-order chi connectivity index (χ0) is 14.5. The number of nitrogens with zero attached hydrogens (tertiary/aromatic N) is 1. The predicted octanol–water partition coefficient (Wildman–Crippen LogP) is -0.574. The summed E-state index contributed by atoms with van der Waals surface area (Å²) in [7, 11) is 0. The third kappa shape index (κ3) is 3.21. The second-order valence-corrected chi connectivity index (χ2v) is 5.37. The summed E-state index contributed by atoms with van der Waals surface area (Å²) in [5.74, 6) is 0.546. The van der Waals surface area contributed by atoms with Gasteiger partial charge in [-0.1, -0.05) is 0 Å². The van der Waals surface area contributed by atoms with Crippen LogP contribution >= 0.6 is 11.8 Å². The minimum absolute atomic E-state index is 0.155. The monoisotopic (exact) mass is 298 g/mol. The fourth-order valence-corrected chi connectivity index (χ4v) is 2.56. The molecule has 2 aromatic heterocycles. The lowest BCUT2D eigenvalue weighted by atomic mass is 10.2. The molecule has 5 N–H and O–H groups in total. The van der Waals surface area contributed by atoms with E-state index in [-0.39, 0.29) is 12.2 Å². The van der Waals surface area contributed by atoms with E-state index in [4.69, 9.17) is 0 Å². The van der Waals surface area contributed by atoms with Crippen molar-refractivity contribution in [1.29, 1.82) is 0 Å². The Bertz CT molecular complexity index is 612. The third-order valence-corrected chi connectivity index (χ3v) is 3.78. The van der Waals surface area contributed by atoms with E-state index in [1.807, 2.05) is 6.26 Å². The van der Waals surface area contributed by atoms with Crippen LogP contribution in [0.5, 0.6) is 0 Å². The number of H-pyrrole nitrogens is 2. The first-order valence-electron chi connectivity index (χ1n) is 6.22. The number of hydrogen-bond acceptors (Lipinski definition) is 6. The predicted molar refractivity (Wildman–Crippen MR) is 78.8 cm³/mol. The van der Waals surface area contributed by atoms with E-state index in [0.717, 1.165) is 5.56 Å². The molecule has 7 nitrogen and oxygen atoms in total. The Balaban J connectivity index is 2.09. The van der Waals surface area contributed by atoms with Crippen LogP contribution in [0.4, 0.5) is 0 Å². The van der Waals surface area contributed by atoms with Crippen LogP contribution in [0, 0.1) is 0 Å². The van der Waals surface area contributed by atoms with Crippen molar-refractivity contribution in [3.63, 3.8) is 0 Å². The maximum Gasteiger partial charge on any atom is 0.275 e. The summed E-state index contributed by atoms with van der Waals surface area (Å²) < 4.78 is 0. The van der Waals surface area contributed by atoms with Gasteiger partial charge in [-0.2, -0.15) is 11.8 Å². The normalized spacial score (nSPS) is 14.6. The number of hydrogen-bond donors (Lipinski definition) is 5. The smallest absolute Gasteiger partial charge is 0.275 e. The average Bonchev–Trinajstić information content (AvgIpc) is 2.85. The van der Waals surface area contributed by atoms with Gasteiger partial charge in [0.2, 0.25) is 0 Å². The third-order valence-electron chi connectivity index (χ3n) is 3.10. The van der Waals surface area contributed by atoms with Crippen LogP contribution in [0.2, 0.25) is 0 Å². The molecular weight excluding hydrogens is 280 g/mol. The molecule has 0 aromatic carbocycles. The van der Waals surface area contributed by atoms with Gasteiger partial charge in [0, 0.05) is 24.1 Å². The summed E-state index contributed by atoms with van der Waals surface area (Å²) in [5.41, 5.74) is 1.62. The summed E-state index contributed by atoms with van der Waals surface area (Å²) in [5, 5.41) is 22.3. The van der Waals surface area contributed by atoms with Gasteiger partial charge in [-0.25, -0.2) is 4.98 Å². The van der Waals surface area contributed by atoms with Crippen molar-refractivity contribution in [3.8, 4) is 0 Å². The van der Waals surface area contributed by atoms with Gasteiger partial charge in [-0.3, -0.25) is 4.79 Å². The minimum Gasteiger partial charge on any atom is -0.395 e. The first-order valence-corrected chi connectivity index (χ1v) is 7.61. The van der Waals surface area contributed by atoms with E-state index in [9.17, 15) is 15.0 Å². The number of aromatic amines is 2. The van der Waals surface area contributed by atoms with Crippen molar-refractivity contribution in [2.75, 3.05) is 18.6 Å². The van der Waals surface area contributed by atoms with Crippen molar-refractivity contribution >= 4 is 22.8 Å². The summed E-state index contributed by atoms with van der Waals surface area (Å²) in [6.07, 6.45) is 4.33. The Hall–Kier alpha value is -1.35. The van der Waals surface area contributed by atoms with Gasteiger partial charge in [0.25, 0.3) is 5.56 Å². The van der Waals surface area contributed by atoms with E-state index < -0.39 is 12.1 Å². The summed E-state index contributed by atoms with van der Waals surface area (Å²) >= 11 is 1.52. The molecule has 110 valence electrons. The summed E-state index contributed by atoms with van der Waals surface area (Å²) in [4.78, 5) is 21.1. The molecule has 8 heteroatoms. The fraction of sp³-hybridized carbons (Fsp3) is 0.500. The molecule has 0 spiro atoms. The highest BCUT2D eigenvalue weighted by Gasteiger charge is 2.18. The molecule has 0 radical (unpaired) electrons.